The summed E-state index contributed by atoms with van der Waals surface area (Å²) in [6, 6.07) is -0.972. The fourth-order valence-corrected chi connectivity index (χ4v) is 3.78. The molecule has 0 aromatic heterocycles. The van der Waals surface area contributed by atoms with Crippen LogP contribution < -0.4 is 11.1 Å². The van der Waals surface area contributed by atoms with Gasteiger partial charge in [-0.15, -0.1) is 0 Å². The molecule has 0 saturated carbocycles. The van der Waals surface area contributed by atoms with Crippen LogP contribution in [0.1, 0.15) is 26.7 Å². The van der Waals surface area contributed by atoms with Crippen LogP contribution in [0.4, 0.5) is 4.39 Å². The summed E-state index contributed by atoms with van der Waals surface area (Å²) in [6.45, 7) is 7.84. The molecule has 0 radical (unpaired) electrons. The first-order valence-electron chi connectivity index (χ1n) is 9.71. The van der Waals surface area contributed by atoms with E-state index in [0.717, 1.165) is 35.5 Å². The standard InChI is InChI=1S/C21H30FN5O3S/c1-5-17(22)7-6-14(2)26-19(23)12-18(20(29)30)25-9-8-16(13-28)15(3)27-10-11-31-21(27)24-4/h5-7,13,18,25H,1,8-12H2,2-4H3,(H2,23,26)(H,29,30)/b14-6+,16-15-,17-7+,24-21?. The van der Waals surface area contributed by atoms with Crippen molar-refractivity contribution in [3.8, 4) is 0 Å². The van der Waals surface area contributed by atoms with E-state index in [9.17, 15) is 19.1 Å². The SMILES string of the molecule is C=C/C(F)=C\C=C(/C)N=C(N)CC(NCC/C(C=O)=C(\C)N1CCSC1=NC)C(=O)O. The maximum atomic E-state index is 13.1. The molecule has 10 heteroatoms. The molecule has 1 atom stereocenters. The molecule has 0 spiro atoms. The molecular formula is C21H30FN5O3S. The number of nitrogens with zero attached hydrogens (tertiary/aromatic N) is 3. The number of aliphatic carboxylic acids is 1. The van der Waals surface area contributed by atoms with E-state index >= 15 is 0 Å². The molecule has 1 unspecified atom stereocenters. The molecule has 4 N–H and O–H groups in total. The minimum absolute atomic E-state index is 0.0390. The van der Waals surface area contributed by atoms with E-state index in [4.69, 9.17) is 5.73 Å². The van der Waals surface area contributed by atoms with Gasteiger partial charge in [-0.05, 0) is 38.5 Å². The van der Waals surface area contributed by atoms with Gasteiger partial charge in [-0.2, -0.15) is 0 Å². The zero-order valence-corrected chi connectivity index (χ0v) is 18.9. The van der Waals surface area contributed by atoms with E-state index in [2.05, 4.69) is 21.9 Å². The number of rotatable bonds is 12. The fourth-order valence-electron chi connectivity index (χ4n) is 2.81. The number of carboxylic acid groups (broad SMARTS) is 1. The molecule has 0 bridgehead atoms. The monoisotopic (exact) mass is 451 g/mol. The molecule has 0 amide bonds. The van der Waals surface area contributed by atoms with Gasteiger partial charge in [0.1, 0.15) is 24.0 Å². The Labute approximate surface area is 186 Å². The summed E-state index contributed by atoms with van der Waals surface area (Å²) in [6.07, 6.45) is 4.78. The summed E-state index contributed by atoms with van der Waals surface area (Å²) in [5.74, 6) is -0.599. The van der Waals surface area contributed by atoms with E-state index < -0.39 is 17.8 Å². The molecule has 0 aliphatic carbocycles. The highest BCUT2D eigenvalue weighted by Crippen LogP contribution is 2.24. The molecule has 0 aromatic rings. The van der Waals surface area contributed by atoms with Crippen LogP contribution in [0.5, 0.6) is 0 Å². The maximum Gasteiger partial charge on any atom is 0.321 e. The Bertz CT molecular complexity index is 833. The van der Waals surface area contributed by atoms with Gasteiger partial charge in [-0.3, -0.25) is 14.6 Å². The van der Waals surface area contributed by atoms with Crippen LogP contribution in [0.3, 0.4) is 0 Å². The minimum atomic E-state index is -1.08. The lowest BCUT2D eigenvalue weighted by atomic mass is 10.1. The van der Waals surface area contributed by atoms with Gasteiger partial charge in [0.05, 0.1) is 0 Å². The number of carboxylic acids is 1. The Hall–Kier alpha value is -2.72. The number of carbonyl (C=O) groups is 2. The Balaban J connectivity index is 2.76. The average molecular weight is 452 g/mol. The highest BCUT2D eigenvalue weighted by molar-refractivity contribution is 8.14. The number of hydrogen-bond acceptors (Lipinski definition) is 6. The van der Waals surface area contributed by atoms with Crippen LogP contribution in [0, 0.1) is 0 Å². The number of aliphatic imine (C=N–C) groups is 2. The Kier molecular flexibility index (Phi) is 11.5. The number of carbonyl (C=O) groups excluding carboxylic acids is 1. The Morgan fingerprint density at radius 2 is 2.16 bits per heavy atom. The summed E-state index contributed by atoms with van der Waals surface area (Å²) in [5.41, 5.74) is 7.68. The van der Waals surface area contributed by atoms with Crippen molar-refractivity contribution in [1.29, 1.82) is 0 Å². The third-order valence-electron chi connectivity index (χ3n) is 4.48. The largest absolute Gasteiger partial charge is 0.480 e. The zero-order valence-electron chi connectivity index (χ0n) is 18.1. The minimum Gasteiger partial charge on any atom is -0.480 e. The number of nitrogens with two attached hydrogens (primary N) is 1. The second-order valence-electron chi connectivity index (χ2n) is 6.70. The Morgan fingerprint density at radius 1 is 1.45 bits per heavy atom. The van der Waals surface area contributed by atoms with Gasteiger partial charge in [-0.25, -0.2) is 9.38 Å². The van der Waals surface area contributed by atoms with E-state index in [-0.39, 0.29) is 18.8 Å². The van der Waals surface area contributed by atoms with Crippen LogP contribution >= 0.6 is 11.8 Å². The average Bonchev–Trinajstić information content (AvgIpc) is 3.22. The number of amidine groups is 2. The van der Waals surface area contributed by atoms with Crippen molar-refractivity contribution >= 4 is 35.0 Å². The van der Waals surface area contributed by atoms with Crippen LogP contribution in [0.25, 0.3) is 0 Å². The number of aldehydes is 1. The number of allylic oxidation sites excluding steroid dienone is 6. The van der Waals surface area contributed by atoms with Gasteiger partial charge >= 0.3 is 5.97 Å². The summed E-state index contributed by atoms with van der Waals surface area (Å²) in [7, 11) is 1.71. The van der Waals surface area contributed by atoms with E-state index in [1.54, 1.807) is 25.7 Å². The number of hydrogen-bond donors (Lipinski definition) is 3. The molecule has 1 fully saturated rings. The Morgan fingerprint density at radius 3 is 2.74 bits per heavy atom. The predicted octanol–water partition coefficient (Wildman–Crippen LogP) is 2.62. The summed E-state index contributed by atoms with van der Waals surface area (Å²) >= 11 is 1.63. The van der Waals surface area contributed by atoms with Crippen LogP contribution in [-0.2, 0) is 9.59 Å². The van der Waals surface area contributed by atoms with Crippen LogP contribution in [-0.4, -0.2) is 65.2 Å². The molecule has 31 heavy (non-hydrogen) atoms. The van der Waals surface area contributed by atoms with Gasteiger partial charge in [0.25, 0.3) is 0 Å². The van der Waals surface area contributed by atoms with Crippen molar-refractivity contribution in [2.75, 3.05) is 25.9 Å². The smallest absolute Gasteiger partial charge is 0.321 e. The number of nitrogens with one attached hydrogen (secondary N) is 1. The normalized spacial score (nSPS) is 18.8. The number of thioether (sulfide) groups is 1. The summed E-state index contributed by atoms with van der Waals surface area (Å²) < 4.78 is 13.1. The predicted molar refractivity (Wildman–Crippen MR) is 125 cm³/mol. The van der Waals surface area contributed by atoms with Crippen molar-refractivity contribution in [1.82, 2.24) is 10.2 Å². The van der Waals surface area contributed by atoms with Gasteiger partial charge < -0.3 is 21.1 Å². The topological polar surface area (TPSA) is 120 Å². The van der Waals surface area contributed by atoms with E-state index in [0.29, 0.717) is 17.7 Å². The van der Waals surface area contributed by atoms with E-state index in [1.807, 2.05) is 11.8 Å². The molecule has 1 rings (SSSR count). The first-order valence-corrected chi connectivity index (χ1v) is 10.7. The van der Waals surface area contributed by atoms with E-state index in [1.165, 1.54) is 12.2 Å². The lowest BCUT2D eigenvalue weighted by Gasteiger charge is -2.21. The van der Waals surface area contributed by atoms with Gasteiger partial charge in [0.15, 0.2) is 5.17 Å². The quantitative estimate of drug-likeness (QED) is 0.137. The second-order valence-corrected chi connectivity index (χ2v) is 7.76. The first kappa shape index (κ1) is 26.3. The molecule has 1 aliphatic rings. The molecular weight excluding hydrogens is 421 g/mol. The van der Waals surface area contributed by atoms with Gasteiger partial charge in [0, 0.05) is 49.3 Å². The zero-order chi connectivity index (χ0) is 23.4. The number of halogens is 1. The second kappa shape index (κ2) is 13.6. The van der Waals surface area contributed by atoms with Crippen LogP contribution in [0.15, 0.2) is 57.6 Å². The van der Waals surface area contributed by atoms with Crippen molar-refractivity contribution < 1.29 is 19.1 Å². The molecule has 1 aliphatic heterocycles. The molecule has 1 heterocycles. The van der Waals surface area contributed by atoms with Crippen molar-refractivity contribution in [2.45, 2.75) is 32.7 Å². The molecule has 8 nitrogen and oxygen atoms in total. The first-order chi connectivity index (χ1) is 14.7. The van der Waals surface area contributed by atoms with Crippen LogP contribution in [0.2, 0.25) is 0 Å². The van der Waals surface area contributed by atoms with Crippen molar-refractivity contribution in [2.24, 2.45) is 15.7 Å². The third-order valence-corrected chi connectivity index (χ3v) is 5.52. The molecule has 0 aromatic carbocycles. The van der Waals surface area contributed by atoms with Gasteiger partial charge in [-0.1, -0.05) is 18.3 Å². The van der Waals surface area contributed by atoms with Crippen molar-refractivity contribution in [3.63, 3.8) is 0 Å². The lowest BCUT2D eigenvalue weighted by molar-refractivity contribution is -0.139. The molecule has 170 valence electrons. The highest BCUT2D eigenvalue weighted by Gasteiger charge is 2.23. The summed E-state index contributed by atoms with van der Waals surface area (Å²) in [5, 5.41) is 13.2. The lowest BCUT2D eigenvalue weighted by Crippen LogP contribution is -2.40. The fraction of sp³-hybridized carbons (Fsp3) is 0.429. The molecule has 1 saturated heterocycles. The maximum absolute atomic E-state index is 13.1. The van der Waals surface area contributed by atoms with Crippen molar-refractivity contribution in [3.05, 3.63) is 47.6 Å². The summed E-state index contributed by atoms with van der Waals surface area (Å²) in [4.78, 5) is 33.5. The third kappa shape index (κ3) is 8.89. The highest BCUT2D eigenvalue weighted by atomic mass is 32.2. The van der Waals surface area contributed by atoms with Gasteiger partial charge in [0.2, 0.25) is 0 Å².